The summed E-state index contributed by atoms with van der Waals surface area (Å²) in [6.45, 7) is 3.82. The maximum atomic E-state index is 12.5. The molecule has 22 heavy (non-hydrogen) atoms. The molecular formula is C15H16F3N3O. The van der Waals surface area contributed by atoms with E-state index in [1.54, 1.807) is 0 Å². The number of carbonyl (C=O) groups is 1. The zero-order chi connectivity index (χ0) is 16.3. The predicted molar refractivity (Wildman–Crippen MR) is 76.7 cm³/mol. The van der Waals surface area contributed by atoms with Gasteiger partial charge in [0.05, 0.1) is 22.6 Å². The van der Waals surface area contributed by atoms with Gasteiger partial charge < -0.3 is 5.32 Å². The summed E-state index contributed by atoms with van der Waals surface area (Å²) in [5.74, 6) is -0.459. The number of alkyl halides is 3. The maximum Gasteiger partial charge on any atom is 0.416 e. The summed E-state index contributed by atoms with van der Waals surface area (Å²) in [5.41, 5.74) is 1.50. The van der Waals surface area contributed by atoms with Crippen molar-refractivity contribution in [2.24, 2.45) is 0 Å². The number of H-pyrrole nitrogens is 1. The molecule has 0 radical (unpaired) electrons. The molecule has 0 fully saturated rings. The lowest BCUT2D eigenvalue weighted by Gasteiger charge is -2.09. The van der Waals surface area contributed by atoms with Gasteiger partial charge in [-0.2, -0.15) is 18.3 Å². The third-order valence-electron chi connectivity index (χ3n) is 3.32. The Morgan fingerprint density at radius 2 is 1.82 bits per heavy atom. The molecule has 0 saturated carbocycles. The fourth-order valence-corrected chi connectivity index (χ4v) is 2.08. The van der Waals surface area contributed by atoms with E-state index in [0.29, 0.717) is 18.5 Å². The third kappa shape index (κ3) is 3.29. The van der Waals surface area contributed by atoms with Crippen molar-refractivity contribution in [1.82, 2.24) is 10.2 Å². The number of aryl methyl sites for hydroxylation is 2. The molecule has 1 heterocycles. The Balaban J connectivity index is 2.21. The molecule has 0 unspecified atom stereocenters. The molecule has 4 nitrogen and oxygen atoms in total. The van der Waals surface area contributed by atoms with Crippen molar-refractivity contribution < 1.29 is 18.0 Å². The van der Waals surface area contributed by atoms with E-state index in [0.717, 1.165) is 35.7 Å². The topological polar surface area (TPSA) is 57.8 Å². The fourth-order valence-electron chi connectivity index (χ4n) is 2.08. The van der Waals surface area contributed by atoms with Gasteiger partial charge in [0.15, 0.2) is 0 Å². The molecule has 0 spiro atoms. The number of nitrogens with one attached hydrogen (secondary N) is 2. The first-order valence-corrected chi connectivity index (χ1v) is 6.91. The van der Waals surface area contributed by atoms with Crippen LogP contribution in [-0.2, 0) is 19.0 Å². The molecular weight excluding hydrogens is 295 g/mol. The van der Waals surface area contributed by atoms with Crippen LogP contribution in [0, 0.1) is 0 Å². The second kappa shape index (κ2) is 6.21. The highest BCUT2D eigenvalue weighted by molar-refractivity contribution is 6.04. The van der Waals surface area contributed by atoms with Gasteiger partial charge in [-0.1, -0.05) is 13.8 Å². The van der Waals surface area contributed by atoms with Crippen LogP contribution in [0.2, 0.25) is 0 Å². The number of benzene rings is 1. The zero-order valence-electron chi connectivity index (χ0n) is 12.2. The predicted octanol–water partition coefficient (Wildman–Crippen LogP) is 3.81. The number of hydrogen-bond donors (Lipinski definition) is 2. The van der Waals surface area contributed by atoms with Gasteiger partial charge in [-0.3, -0.25) is 9.89 Å². The fraction of sp³-hybridized carbons (Fsp3) is 0.333. The molecule has 1 amide bonds. The van der Waals surface area contributed by atoms with Gasteiger partial charge in [-0.05, 0) is 37.1 Å². The molecule has 1 aromatic heterocycles. The van der Waals surface area contributed by atoms with E-state index in [2.05, 4.69) is 15.5 Å². The van der Waals surface area contributed by atoms with E-state index < -0.39 is 17.6 Å². The molecule has 2 N–H and O–H groups in total. The van der Waals surface area contributed by atoms with Gasteiger partial charge in [0.25, 0.3) is 5.91 Å². The number of carbonyl (C=O) groups excluding carboxylic acids is 1. The SMILES string of the molecule is CCc1n[nH]c(CC)c1NC(=O)c1ccc(C(F)(F)F)cc1. The first-order chi connectivity index (χ1) is 10.4. The van der Waals surface area contributed by atoms with Crippen LogP contribution < -0.4 is 5.32 Å². The van der Waals surface area contributed by atoms with Crippen LogP contribution in [0.4, 0.5) is 18.9 Å². The van der Waals surface area contributed by atoms with Gasteiger partial charge in [0.2, 0.25) is 0 Å². The molecule has 2 aromatic rings. The van der Waals surface area contributed by atoms with Crippen LogP contribution in [0.5, 0.6) is 0 Å². The number of halogens is 3. The van der Waals surface area contributed by atoms with Crippen molar-refractivity contribution in [2.75, 3.05) is 5.32 Å². The highest BCUT2D eigenvalue weighted by Gasteiger charge is 2.30. The van der Waals surface area contributed by atoms with Crippen LogP contribution in [0.1, 0.15) is 41.2 Å². The van der Waals surface area contributed by atoms with E-state index in [-0.39, 0.29) is 5.56 Å². The number of amides is 1. The van der Waals surface area contributed by atoms with Crippen molar-refractivity contribution in [1.29, 1.82) is 0 Å². The van der Waals surface area contributed by atoms with Crippen LogP contribution in [0.25, 0.3) is 0 Å². The van der Waals surface area contributed by atoms with Gasteiger partial charge >= 0.3 is 6.18 Å². The quantitative estimate of drug-likeness (QED) is 0.902. The first kappa shape index (κ1) is 16.1. The first-order valence-electron chi connectivity index (χ1n) is 6.91. The summed E-state index contributed by atoms with van der Waals surface area (Å²) in [4.78, 5) is 12.2. The maximum absolute atomic E-state index is 12.5. The van der Waals surface area contributed by atoms with Gasteiger partial charge in [0, 0.05) is 5.56 Å². The molecule has 0 saturated heterocycles. The van der Waals surface area contributed by atoms with Crippen molar-refractivity contribution in [3.63, 3.8) is 0 Å². The summed E-state index contributed by atoms with van der Waals surface area (Å²) in [6, 6.07) is 4.11. The summed E-state index contributed by atoms with van der Waals surface area (Å²) in [5, 5.41) is 9.68. The Morgan fingerprint density at radius 1 is 1.18 bits per heavy atom. The standard InChI is InChI=1S/C15H16F3N3O/c1-3-11-13(12(4-2)21-20-11)19-14(22)9-5-7-10(8-6-9)15(16,17)18/h5-8H,3-4H2,1-2H3,(H,19,22)(H,20,21). The van der Waals surface area contributed by atoms with Crippen molar-refractivity contribution in [3.8, 4) is 0 Å². The second-order valence-electron chi connectivity index (χ2n) is 4.76. The number of anilines is 1. The van der Waals surface area contributed by atoms with E-state index in [4.69, 9.17) is 0 Å². The minimum Gasteiger partial charge on any atom is -0.319 e. The lowest BCUT2D eigenvalue weighted by molar-refractivity contribution is -0.137. The number of aromatic amines is 1. The molecule has 7 heteroatoms. The minimum atomic E-state index is -4.41. The number of aromatic nitrogens is 2. The largest absolute Gasteiger partial charge is 0.416 e. The third-order valence-corrected chi connectivity index (χ3v) is 3.32. The molecule has 0 aliphatic carbocycles. The Morgan fingerprint density at radius 3 is 2.32 bits per heavy atom. The monoisotopic (exact) mass is 311 g/mol. The molecule has 0 aliphatic heterocycles. The van der Waals surface area contributed by atoms with E-state index >= 15 is 0 Å². The van der Waals surface area contributed by atoms with E-state index in [9.17, 15) is 18.0 Å². The van der Waals surface area contributed by atoms with Crippen LogP contribution in [-0.4, -0.2) is 16.1 Å². The van der Waals surface area contributed by atoms with E-state index in [1.165, 1.54) is 0 Å². The van der Waals surface area contributed by atoms with Crippen molar-refractivity contribution in [3.05, 3.63) is 46.8 Å². The lowest BCUT2D eigenvalue weighted by Crippen LogP contribution is -2.14. The van der Waals surface area contributed by atoms with Crippen LogP contribution in [0.15, 0.2) is 24.3 Å². The van der Waals surface area contributed by atoms with E-state index in [1.807, 2.05) is 13.8 Å². The Kier molecular flexibility index (Phi) is 4.54. The molecule has 2 rings (SSSR count). The number of nitrogens with zero attached hydrogens (tertiary/aromatic N) is 1. The molecule has 118 valence electrons. The summed E-state index contributed by atoms with van der Waals surface area (Å²) < 4.78 is 37.5. The number of hydrogen-bond acceptors (Lipinski definition) is 2. The lowest BCUT2D eigenvalue weighted by atomic mass is 10.1. The average Bonchev–Trinajstić information content (AvgIpc) is 2.88. The van der Waals surface area contributed by atoms with Crippen molar-refractivity contribution >= 4 is 11.6 Å². The Bertz CT molecular complexity index is 638. The molecule has 0 bridgehead atoms. The van der Waals surface area contributed by atoms with Crippen molar-refractivity contribution in [2.45, 2.75) is 32.9 Å². The molecule has 0 atom stereocenters. The second-order valence-corrected chi connectivity index (χ2v) is 4.76. The minimum absolute atomic E-state index is 0.165. The highest BCUT2D eigenvalue weighted by atomic mass is 19.4. The number of rotatable bonds is 4. The highest BCUT2D eigenvalue weighted by Crippen LogP contribution is 2.29. The zero-order valence-corrected chi connectivity index (χ0v) is 12.2. The molecule has 1 aromatic carbocycles. The van der Waals surface area contributed by atoms with Gasteiger partial charge in [-0.15, -0.1) is 0 Å². The van der Waals surface area contributed by atoms with Crippen LogP contribution in [0.3, 0.4) is 0 Å². The summed E-state index contributed by atoms with van der Waals surface area (Å²) in [6.07, 6.45) is -3.11. The Hall–Kier alpha value is -2.31. The summed E-state index contributed by atoms with van der Waals surface area (Å²) >= 11 is 0. The van der Waals surface area contributed by atoms with Gasteiger partial charge in [0.1, 0.15) is 0 Å². The van der Waals surface area contributed by atoms with Crippen LogP contribution >= 0.6 is 0 Å². The normalized spacial score (nSPS) is 11.5. The molecule has 0 aliphatic rings. The smallest absolute Gasteiger partial charge is 0.319 e. The Labute approximate surface area is 125 Å². The average molecular weight is 311 g/mol. The van der Waals surface area contributed by atoms with Gasteiger partial charge in [-0.25, -0.2) is 0 Å². The summed E-state index contributed by atoms with van der Waals surface area (Å²) in [7, 11) is 0.